The average Bonchev–Trinajstić information content (AvgIpc) is 3.33. The van der Waals surface area contributed by atoms with Gasteiger partial charge in [0.1, 0.15) is 0 Å². The van der Waals surface area contributed by atoms with E-state index >= 15 is 0 Å². The van der Waals surface area contributed by atoms with E-state index in [1.807, 2.05) is 30.3 Å². The predicted molar refractivity (Wildman–Crippen MR) is 99.9 cm³/mol. The van der Waals surface area contributed by atoms with Gasteiger partial charge < -0.3 is 10.6 Å². The molecule has 2 aromatic heterocycles. The fraction of sp³-hybridized carbons (Fsp3) is 0.294. The van der Waals surface area contributed by atoms with Gasteiger partial charge in [-0.15, -0.1) is 17.5 Å². The molecule has 3 aromatic rings. The minimum atomic E-state index is -0.284. The van der Waals surface area contributed by atoms with E-state index in [2.05, 4.69) is 26.0 Å². The van der Waals surface area contributed by atoms with Crippen LogP contribution in [0.3, 0.4) is 0 Å². The fourth-order valence-corrected chi connectivity index (χ4v) is 2.93. The molecule has 1 saturated heterocycles. The molecule has 2 N–H and O–H groups in total. The smallest absolute Gasteiger partial charge is 0.277 e. The Labute approximate surface area is 157 Å². The summed E-state index contributed by atoms with van der Waals surface area (Å²) < 4.78 is 3.50. The molecular weight excluding hydrogens is 354 g/mol. The maximum atomic E-state index is 12.4. The van der Waals surface area contributed by atoms with Crippen molar-refractivity contribution in [3.63, 3.8) is 0 Å². The van der Waals surface area contributed by atoms with Crippen molar-refractivity contribution in [1.82, 2.24) is 30.1 Å². The van der Waals surface area contributed by atoms with Crippen LogP contribution < -0.4 is 10.6 Å². The minimum Gasteiger partial charge on any atom is -0.318 e. The number of hydrogen-bond donors (Lipinski definition) is 2. The molecule has 0 spiro atoms. The summed E-state index contributed by atoms with van der Waals surface area (Å²) in [4.78, 5) is 12.4. The number of carbonyl (C=O) groups is 1. The van der Waals surface area contributed by atoms with Gasteiger partial charge >= 0.3 is 0 Å². The third kappa shape index (κ3) is 3.92. The first kappa shape index (κ1) is 18.1. The number of nitrogens with zero attached hydrogens (tertiary/aromatic N) is 5. The summed E-state index contributed by atoms with van der Waals surface area (Å²) in [6, 6.07) is 10.0. The van der Waals surface area contributed by atoms with Crippen LogP contribution in [0.2, 0.25) is 0 Å². The molecule has 3 heterocycles. The molecule has 0 saturated carbocycles. The van der Waals surface area contributed by atoms with Crippen LogP contribution in [0, 0.1) is 0 Å². The van der Waals surface area contributed by atoms with Crippen LogP contribution in [-0.4, -0.2) is 43.8 Å². The standard InChI is InChI=1S/C17H19N7O.ClH/c25-17(16-12-24(22-21-16)15-6-8-18-9-7-15)20-13-10-19-23(11-13)14-4-2-1-3-5-14;/h1-5,10-12,15,18H,6-9H2,(H,20,25);1H. The lowest BCUT2D eigenvalue weighted by Gasteiger charge is -2.22. The molecule has 1 aromatic carbocycles. The zero-order chi connectivity index (χ0) is 17.1. The van der Waals surface area contributed by atoms with Crippen molar-refractivity contribution in [2.45, 2.75) is 18.9 Å². The first-order valence-electron chi connectivity index (χ1n) is 8.33. The Hall–Kier alpha value is -2.71. The van der Waals surface area contributed by atoms with Gasteiger partial charge in [0, 0.05) is 0 Å². The number of para-hydroxylation sites is 1. The van der Waals surface area contributed by atoms with Gasteiger partial charge in [0.05, 0.1) is 36.0 Å². The van der Waals surface area contributed by atoms with Crippen molar-refractivity contribution < 1.29 is 4.79 Å². The van der Waals surface area contributed by atoms with Crippen LogP contribution in [0.25, 0.3) is 5.69 Å². The molecule has 1 fully saturated rings. The Morgan fingerprint density at radius 3 is 2.69 bits per heavy atom. The maximum Gasteiger partial charge on any atom is 0.277 e. The van der Waals surface area contributed by atoms with Crippen molar-refractivity contribution in [3.05, 3.63) is 54.6 Å². The molecule has 26 heavy (non-hydrogen) atoms. The van der Waals surface area contributed by atoms with Crippen molar-refractivity contribution in [3.8, 4) is 5.69 Å². The van der Waals surface area contributed by atoms with Crippen LogP contribution in [0.5, 0.6) is 0 Å². The fourth-order valence-electron chi connectivity index (χ4n) is 2.93. The third-order valence-corrected chi connectivity index (χ3v) is 4.29. The number of carbonyl (C=O) groups excluding carboxylic acids is 1. The first-order valence-corrected chi connectivity index (χ1v) is 8.33. The lowest BCUT2D eigenvalue weighted by molar-refractivity contribution is 0.102. The summed E-state index contributed by atoms with van der Waals surface area (Å²) >= 11 is 0. The second kappa shape index (κ2) is 8.11. The van der Waals surface area contributed by atoms with Gasteiger partial charge in [0.2, 0.25) is 0 Å². The lowest BCUT2D eigenvalue weighted by atomic mass is 10.1. The first-order chi connectivity index (χ1) is 12.3. The number of halogens is 1. The summed E-state index contributed by atoms with van der Waals surface area (Å²) in [6.45, 7) is 1.93. The Morgan fingerprint density at radius 2 is 1.92 bits per heavy atom. The Bertz CT molecular complexity index is 855. The highest BCUT2D eigenvalue weighted by atomic mass is 35.5. The number of anilines is 1. The zero-order valence-electron chi connectivity index (χ0n) is 14.1. The SMILES string of the molecule is Cl.O=C(Nc1cnn(-c2ccccc2)c1)c1cn(C2CCNCC2)nn1. The van der Waals surface area contributed by atoms with Gasteiger partial charge in [-0.2, -0.15) is 5.10 Å². The Balaban J connectivity index is 0.00000196. The maximum absolute atomic E-state index is 12.4. The summed E-state index contributed by atoms with van der Waals surface area (Å²) in [5.74, 6) is -0.284. The molecule has 8 nitrogen and oxygen atoms in total. The van der Waals surface area contributed by atoms with E-state index in [0.717, 1.165) is 31.6 Å². The van der Waals surface area contributed by atoms with Crippen LogP contribution in [-0.2, 0) is 0 Å². The van der Waals surface area contributed by atoms with Crippen LogP contribution in [0.4, 0.5) is 5.69 Å². The number of nitrogens with one attached hydrogen (secondary N) is 2. The van der Waals surface area contributed by atoms with Crippen molar-refractivity contribution in [1.29, 1.82) is 0 Å². The van der Waals surface area contributed by atoms with Gasteiger partial charge in [0.25, 0.3) is 5.91 Å². The van der Waals surface area contributed by atoms with E-state index in [9.17, 15) is 4.79 Å². The molecule has 1 aliphatic heterocycles. The molecule has 0 atom stereocenters. The number of hydrogen-bond acceptors (Lipinski definition) is 5. The number of amides is 1. The highest BCUT2D eigenvalue weighted by molar-refractivity contribution is 6.02. The molecule has 0 bridgehead atoms. The largest absolute Gasteiger partial charge is 0.318 e. The van der Waals surface area contributed by atoms with E-state index < -0.39 is 0 Å². The molecule has 9 heteroatoms. The van der Waals surface area contributed by atoms with Crippen molar-refractivity contribution in [2.75, 3.05) is 18.4 Å². The predicted octanol–water partition coefficient (Wildman–Crippen LogP) is 2.06. The normalized spacial score (nSPS) is 14.6. The number of piperidine rings is 1. The van der Waals surface area contributed by atoms with Gasteiger partial charge in [-0.25, -0.2) is 9.36 Å². The summed E-state index contributed by atoms with van der Waals surface area (Å²) in [6.07, 6.45) is 7.09. The summed E-state index contributed by atoms with van der Waals surface area (Å²) in [5, 5.41) is 18.5. The summed E-state index contributed by atoms with van der Waals surface area (Å²) in [5.41, 5.74) is 1.86. The number of aromatic nitrogens is 5. The quantitative estimate of drug-likeness (QED) is 0.730. The lowest BCUT2D eigenvalue weighted by Crippen LogP contribution is -2.29. The highest BCUT2D eigenvalue weighted by Crippen LogP contribution is 2.17. The highest BCUT2D eigenvalue weighted by Gasteiger charge is 2.19. The van der Waals surface area contributed by atoms with Crippen LogP contribution >= 0.6 is 12.4 Å². The van der Waals surface area contributed by atoms with Crippen LogP contribution in [0.1, 0.15) is 29.4 Å². The second-order valence-corrected chi connectivity index (χ2v) is 6.03. The molecule has 0 aliphatic carbocycles. The van der Waals surface area contributed by atoms with E-state index in [1.165, 1.54) is 0 Å². The van der Waals surface area contributed by atoms with E-state index in [4.69, 9.17) is 0 Å². The minimum absolute atomic E-state index is 0. The zero-order valence-corrected chi connectivity index (χ0v) is 14.9. The third-order valence-electron chi connectivity index (χ3n) is 4.29. The molecule has 1 aliphatic rings. The number of rotatable bonds is 4. The molecule has 0 radical (unpaired) electrons. The summed E-state index contributed by atoms with van der Waals surface area (Å²) in [7, 11) is 0. The molecule has 0 unspecified atom stereocenters. The molecule has 1 amide bonds. The van der Waals surface area contributed by atoms with Gasteiger partial charge in [-0.3, -0.25) is 4.79 Å². The average molecular weight is 374 g/mol. The van der Waals surface area contributed by atoms with Gasteiger partial charge in [-0.05, 0) is 38.1 Å². The van der Waals surface area contributed by atoms with E-state index in [0.29, 0.717) is 17.4 Å². The van der Waals surface area contributed by atoms with Crippen LogP contribution in [0.15, 0.2) is 48.9 Å². The second-order valence-electron chi connectivity index (χ2n) is 6.03. The van der Waals surface area contributed by atoms with Crippen molar-refractivity contribution in [2.24, 2.45) is 0 Å². The number of benzene rings is 1. The van der Waals surface area contributed by atoms with E-state index in [-0.39, 0.29) is 18.3 Å². The Kier molecular flexibility index (Phi) is 5.65. The Morgan fingerprint density at radius 1 is 1.15 bits per heavy atom. The molecule has 4 rings (SSSR count). The van der Waals surface area contributed by atoms with E-state index in [1.54, 1.807) is 28.0 Å². The van der Waals surface area contributed by atoms with Gasteiger partial charge in [-0.1, -0.05) is 23.4 Å². The van der Waals surface area contributed by atoms with Crippen molar-refractivity contribution >= 4 is 24.0 Å². The molecule has 136 valence electrons. The topological polar surface area (TPSA) is 89.7 Å². The molecular formula is C17H20ClN7O. The monoisotopic (exact) mass is 373 g/mol. The van der Waals surface area contributed by atoms with Gasteiger partial charge in [0.15, 0.2) is 5.69 Å².